The summed E-state index contributed by atoms with van der Waals surface area (Å²) >= 11 is 0. The van der Waals surface area contributed by atoms with Crippen molar-refractivity contribution < 1.29 is 9.53 Å². The highest BCUT2D eigenvalue weighted by Crippen LogP contribution is 2.36. The molecule has 1 N–H and O–H groups in total. The molecule has 2 atom stereocenters. The van der Waals surface area contributed by atoms with E-state index in [9.17, 15) is 4.79 Å². The van der Waals surface area contributed by atoms with Crippen molar-refractivity contribution in [3.05, 3.63) is 65.9 Å². The van der Waals surface area contributed by atoms with E-state index < -0.39 is 0 Å². The number of aromatic nitrogens is 7. The van der Waals surface area contributed by atoms with Gasteiger partial charge >= 0.3 is 0 Å². The molecule has 11 heteroatoms. The van der Waals surface area contributed by atoms with Gasteiger partial charge in [0.2, 0.25) is 5.95 Å². The zero-order valence-electron chi connectivity index (χ0n) is 24.1. The third-order valence-corrected chi connectivity index (χ3v) is 7.95. The van der Waals surface area contributed by atoms with E-state index in [1.807, 2.05) is 40.1 Å². The summed E-state index contributed by atoms with van der Waals surface area (Å²) in [5.74, 6) is 0.633. The van der Waals surface area contributed by atoms with Crippen molar-refractivity contribution in [2.45, 2.75) is 64.1 Å². The molecular weight excluding hydrogens is 518 g/mol. The number of ketones is 1. The molecule has 11 nitrogen and oxygen atoms in total. The van der Waals surface area contributed by atoms with Gasteiger partial charge in [-0.2, -0.15) is 5.10 Å². The number of aryl methyl sites for hydroxylation is 1. The number of hydrogen-bond donors (Lipinski definition) is 1. The third kappa shape index (κ3) is 6.06. The number of Topliss-reactive ketones (excluding diaryl/α,β-unsaturated/α-hetero) is 1. The first kappa shape index (κ1) is 27.2. The Morgan fingerprint density at radius 3 is 2.78 bits per heavy atom. The third-order valence-electron chi connectivity index (χ3n) is 7.95. The predicted octanol–water partition coefficient (Wildman–Crippen LogP) is 4.32. The maximum absolute atomic E-state index is 13.4. The van der Waals surface area contributed by atoms with Gasteiger partial charge < -0.3 is 10.1 Å². The number of ether oxygens (including phenoxy) is 1. The molecule has 4 aromatic rings. The monoisotopic (exact) mass is 555 g/mol. The number of anilines is 2. The smallest absolute Gasteiger partial charge is 0.227 e. The van der Waals surface area contributed by atoms with Gasteiger partial charge in [-0.05, 0) is 69.3 Å². The van der Waals surface area contributed by atoms with Crippen LogP contribution < -0.4 is 5.32 Å². The minimum atomic E-state index is -0.227. The lowest BCUT2D eigenvalue weighted by Crippen LogP contribution is -2.35. The molecular formula is C30H37N9O2. The summed E-state index contributed by atoms with van der Waals surface area (Å²) < 4.78 is 9.22. The Morgan fingerprint density at radius 1 is 1.17 bits per heavy atom. The number of carbonyl (C=O) groups is 1. The van der Waals surface area contributed by atoms with Gasteiger partial charge in [-0.15, -0.1) is 5.10 Å². The van der Waals surface area contributed by atoms with E-state index in [0.29, 0.717) is 24.1 Å². The largest absolute Gasteiger partial charge is 0.380 e. The number of carbonyl (C=O) groups excluding carboxylic acids is 1. The second kappa shape index (κ2) is 11.1. The molecule has 0 radical (unpaired) electrons. The molecule has 214 valence electrons. The standard InChI is InChI=1S/C30H37N9O2/c1-30(2,3)39-18-27(35-36-39)28(40)14-20-8-11-38(24-9-12-41-19-24)16-22-13-21(5-6-25(20)22)26-7-10-31-29(34-26)33-23-15-32-37(4)17-23/h5-7,10,13,15,17-18,20,24H,8-9,11-12,14,16,19H2,1-4H3,(H,31,33,34)/t20-,24+/m0/s1. The molecule has 2 aliphatic heterocycles. The van der Waals surface area contributed by atoms with Crippen molar-refractivity contribution in [3.63, 3.8) is 0 Å². The summed E-state index contributed by atoms with van der Waals surface area (Å²) in [7, 11) is 1.87. The molecule has 1 aromatic carbocycles. The van der Waals surface area contributed by atoms with Crippen LogP contribution in [-0.2, 0) is 23.9 Å². The second-order valence-corrected chi connectivity index (χ2v) is 12.0. The summed E-state index contributed by atoms with van der Waals surface area (Å²) in [5, 5.41) is 15.9. The van der Waals surface area contributed by atoms with E-state index in [1.165, 1.54) is 11.1 Å². The maximum atomic E-state index is 13.4. The minimum absolute atomic E-state index is 0.0279. The molecule has 6 rings (SSSR count). The lowest BCUT2D eigenvalue weighted by atomic mass is 9.87. The van der Waals surface area contributed by atoms with Gasteiger partial charge in [0, 0.05) is 50.6 Å². The molecule has 1 fully saturated rings. The molecule has 0 spiro atoms. The van der Waals surface area contributed by atoms with Crippen LogP contribution in [0.3, 0.4) is 0 Å². The van der Waals surface area contributed by atoms with Gasteiger partial charge in [0.15, 0.2) is 5.78 Å². The summed E-state index contributed by atoms with van der Waals surface area (Å²) in [6, 6.07) is 8.83. The normalized spacial score (nSPS) is 19.6. The number of nitrogens with one attached hydrogen (secondary N) is 1. The van der Waals surface area contributed by atoms with Crippen LogP contribution >= 0.6 is 0 Å². The van der Waals surface area contributed by atoms with Crippen LogP contribution in [0.4, 0.5) is 11.6 Å². The van der Waals surface area contributed by atoms with Crippen molar-refractivity contribution in [2.75, 3.05) is 25.1 Å². The summed E-state index contributed by atoms with van der Waals surface area (Å²) in [6.07, 6.45) is 9.49. The molecule has 1 saturated heterocycles. The SMILES string of the molecule is Cn1cc(Nc2nccc(-c3ccc4c(c3)CN([C@@H]3CCOC3)CC[C@H]4CC(=O)c3cn(C(C)(C)C)nn3)n2)cn1. The van der Waals surface area contributed by atoms with Crippen LogP contribution in [0.2, 0.25) is 0 Å². The Morgan fingerprint density at radius 2 is 2.05 bits per heavy atom. The van der Waals surface area contributed by atoms with E-state index in [4.69, 9.17) is 9.72 Å². The van der Waals surface area contributed by atoms with E-state index >= 15 is 0 Å². The quantitative estimate of drug-likeness (QED) is 0.333. The Hall–Kier alpha value is -3.96. The van der Waals surface area contributed by atoms with Crippen molar-refractivity contribution in [1.29, 1.82) is 0 Å². The van der Waals surface area contributed by atoms with Gasteiger partial charge in [0.05, 0.1) is 35.9 Å². The predicted molar refractivity (Wildman–Crippen MR) is 155 cm³/mol. The van der Waals surface area contributed by atoms with Crippen molar-refractivity contribution in [1.82, 2.24) is 39.6 Å². The Bertz CT molecular complexity index is 1530. The highest BCUT2D eigenvalue weighted by Gasteiger charge is 2.31. The molecule has 2 aliphatic rings. The molecule has 3 aromatic heterocycles. The average Bonchev–Trinajstić information content (AvgIpc) is 3.71. The van der Waals surface area contributed by atoms with E-state index in [0.717, 1.165) is 56.1 Å². The van der Waals surface area contributed by atoms with Crippen molar-refractivity contribution in [3.8, 4) is 11.3 Å². The Labute approximate surface area is 239 Å². The van der Waals surface area contributed by atoms with E-state index in [2.05, 4.69) is 48.8 Å². The second-order valence-electron chi connectivity index (χ2n) is 12.0. The van der Waals surface area contributed by atoms with Crippen LogP contribution in [0.25, 0.3) is 11.3 Å². The molecule has 41 heavy (non-hydrogen) atoms. The van der Waals surface area contributed by atoms with Gasteiger partial charge in [-0.1, -0.05) is 17.3 Å². The maximum Gasteiger partial charge on any atom is 0.227 e. The fourth-order valence-electron chi connectivity index (χ4n) is 5.65. The molecule has 0 unspecified atom stereocenters. The zero-order chi connectivity index (χ0) is 28.6. The van der Waals surface area contributed by atoms with Gasteiger partial charge in [-0.25, -0.2) is 14.6 Å². The lowest BCUT2D eigenvalue weighted by Gasteiger charge is -2.26. The van der Waals surface area contributed by atoms with Crippen LogP contribution in [-0.4, -0.2) is 71.2 Å². The zero-order valence-corrected chi connectivity index (χ0v) is 24.1. The highest BCUT2D eigenvalue weighted by atomic mass is 16.5. The summed E-state index contributed by atoms with van der Waals surface area (Å²) in [5.41, 5.74) is 5.32. The van der Waals surface area contributed by atoms with Gasteiger partial charge in [0.25, 0.3) is 0 Å². The van der Waals surface area contributed by atoms with Gasteiger partial charge in [-0.3, -0.25) is 14.4 Å². The molecule has 0 bridgehead atoms. The molecule has 0 amide bonds. The topological polar surface area (TPSA) is 116 Å². The lowest BCUT2D eigenvalue weighted by molar-refractivity contribution is 0.0963. The van der Waals surface area contributed by atoms with Crippen LogP contribution in [0.1, 0.15) is 67.6 Å². The van der Waals surface area contributed by atoms with Gasteiger partial charge in [0.1, 0.15) is 5.69 Å². The fourth-order valence-corrected chi connectivity index (χ4v) is 5.65. The number of nitrogens with zero attached hydrogens (tertiary/aromatic N) is 8. The first-order valence-corrected chi connectivity index (χ1v) is 14.2. The number of fused-ring (bicyclic) bond motifs is 1. The van der Waals surface area contributed by atoms with Crippen molar-refractivity contribution >= 4 is 17.4 Å². The van der Waals surface area contributed by atoms with E-state index in [-0.39, 0.29) is 17.2 Å². The highest BCUT2D eigenvalue weighted by molar-refractivity contribution is 5.94. The van der Waals surface area contributed by atoms with E-state index in [1.54, 1.807) is 28.0 Å². The minimum Gasteiger partial charge on any atom is -0.380 e. The Kier molecular flexibility index (Phi) is 7.39. The summed E-state index contributed by atoms with van der Waals surface area (Å²) in [6.45, 7) is 9.42. The fraction of sp³-hybridized carbons (Fsp3) is 0.467. The molecule has 0 aliphatic carbocycles. The first-order chi connectivity index (χ1) is 19.7. The number of benzene rings is 1. The number of rotatable bonds is 7. The molecule has 0 saturated carbocycles. The number of hydrogen-bond acceptors (Lipinski definition) is 9. The average molecular weight is 556 g/mol. The van der Waals surface area contributed by atoms with Crippen LogP contribution in [0.5, 0.6) is 0 Å². The first-order valence-electron chi connectivity index (χ1n) is 14.2. The Balaban J connectivity index is 1.28. The summed E-state index contributed by atoms with van der Waals surface area (Å²) in [4.78, 5) is 25.1. The van der Waals surface area contributed by atoms with Crippen molar-refractivity contribution in [2.24, 2.45) is 7.05 Å². The molecule has 5 heterocycles. The van der Waals surface area contributed by atoms with Crippen LogP contribution in [0.15, 0.2) is 49.1 Å². The van der Waals surface area contributed by atoms with Crippen LogP contribution in [0, 0.1) is 0 Å².